The maximum absolute atomic E-state index is 13.7. The minimum atomic E-state index is -1.03. The fraction of sp³-hybridized carbons (Fsp3) is 0.0526. The van der Waals surface area contributed by atoms with E-state index < -0.39 is 22.2 Å². The summed E-state index contributed by atoms with van der Waals surface area (Å²) in [5, 5.41) is 23.6. The van der Waals surface area contributed by atoms with Crippen LogP contribution in [0.3, 0.4) is 0 Å². The predicted molar refractivity (Wildman–Crippen MR) is 99.1 cm³/mol. The van der Waals surface area contributed by atoms with Crippen LogP contribution in [0.15, 0.2) is 76.5 Å². The Morgan fingerprint density at radius 2 is 1.77 bits per heavy atom. The Labute approximate surface area is 153 Å². The third kappa shape index (κ3) is 4.12. The number of hydrogen-bond donors (Lipinski definition) is 2. The molecule has 3 aromatic carbocycles. The molecule has 0 aliphatic rings. The normalized spacial score (nSPS) is 10.5. The first kappa shape index (κ1) is 17.8. The lowest BCUT2D eigenvalue weighted by atomic mass is 10.2. The molecule has 0 unspecified atom stereocenters. The van der Waals surface area contributed by atoms with E-state index in [2.05, 4.69) is 5.32 Å². The molecule has 0 radical (unpaired) electrons. The number of non-ortho nitro benzene ring substituents is 1. The lowest BCUT2D eigenvalue weighted by Gasteiger charge is -2.12. The van der Waals surface area contributed by atoms with Gasteiger partial charge in [-0.05, 0) is 23.8 Å². The van der Waals surface area contributed by atoms with Crippen LogP contribution in [0.25, 0.3) is 0 Å². The van der Waals surface area contributed by atoms with Crippen LogP contribution in [0, 0.1) is 15.9 Å². The Kier molecular flexibility index (Phi) is 5.38. The van der Waals surface area contributed by atoms with Gasteiger partial charge in [-0.25, -0.2) is 4.39 Å². The summed E-state index contributed by atoms with van der Waals surface area (Å²) in [5.41, 5.74) is 0.485. The van der Waals surface area contributed by atoms with Gasteiger partial charge in [0.25, 0.3) is 5.69 Å². The fourth-order valence-electron chi connectivity index (χ4n) is 2.38. The molecule has 0 aliphatic carbocycles. The SMILES string of the molecule is O=[N+]([O-])c1cc(F)c(O)c(NCc2ccccc2Sc2ccccc2)c1. The summed E-state index contributed by atoms with van der Waals surface area (Å²) in [6.45, 7) is 0.282. The van der Waals surface area contributed by atoms with Gasteiger partial charge in [-0.3, -0.25) is 10.1 Å². The first-order valence-electron chi connectivity index (χ1n) is 7.76. The number of benzene rings is 3. The molecule has 7 heteroatoms. The van der Waals surface area contributed by atoms with Gasteiger partial charge in [-0.2, -0.15) is 0 Å². The van der Waals surface area contributed by atoms with E-state index in [-0.39, 0.29) is 12.2 Å². The van der Waals surface area contributed by atoms with Gasteiger partial charge in [-0.1, -0.05) is 48.2 Å². The minimum Gasteiger partial charge on any atom is -0.503 e. The highest BCUT2D eigenvalue weighted by Crippen LogP contribution is 2.34. The molecule has 2 N–H and O–H groups in total. The van der Waals surface area contributed by atoms with E-state index in [0.717, 1.165) is 21.4 Å². The van der Waals surface area contributed by atoms with Crippen LogP contribution in [0.5, 0.6) is 5.75 Å². The quantitative estimate of drug-likeness (QED) is 0.354. The summed E-state index contributed by atoms with van der Waals surface area (Å²) in [7, 11) is 0. The number of nitrogens with one attached hydrogen (secondary N) is 1. The van der Waals surface area contributed by atoms with Gasteiger partial charge < -0.3 is 10.4 Å². The zero-order valence-electron chi connectivity index (χ0n) is 13.6. The topological polar surface area (TPSA) is 75.4 Å². The third-order valence-electron chi connectivity index (χ3n) is 3.67. The second kappa shape index (κ2) is 7.88. The number of halogens is 1. The van der Waals surface area contributed by atoms with E-state index in [0.29, 0.717) is 6.07 Å². The van der Waals surface area contributed by atoms with Crippen molar-refractivity contribution in [3.8, 4) is 5.75 Å². The van der Waals surface area contributed by atoms with E-state index in [4.69, 9.17) is 0 Å². The Morgan fingerprint density at radius 1 is 1.08 bits per heavy atom. The van der Waals surface area contributed by atoms with E-state index in [1.807, 2.05) is 54.6 Å². The van der Waals surface area contributed by atoms with Crippen LogP contribution in [0.1, 0.15) is 5.56 Å². The molecule has 0 saturated carbocycles. The van der Waals surface area contributed by atoms with E-state index >= 15 is 0 Å². The summed E-state index contributed by atoms with van der Waals surface area (Å²) in [6.07, 6.45) is 0. The molecule has 0 bridgehead atoms. The van der Waals surface area contributed by atoms with E-state index in [9.17, 15) is 19.6 Å². The van der Waals surface area contributed by atoms with Crippen molar-refractivity contribution >= 4 is 23.1 Å². The summed E-state index contributed by atoms with van der Waals surface area (Å²) >= 11 is 1.58. The Hall–Kier alpha value is -3.06. The molecule has 0 aromatic heterocycles. The number of hydrogen-bond acceptors (Lipinski definition) is 5. The van der Waals surface area contributed by atoms with Crippen molar-refractivity contribution in [2.45, 2.75) is 16.3 Å². The number of aromatic hydroxyl groups is 1. The molecule has 3 aromatic rings. The smallest absolute Gasteiger partial charge is 0.274 e. The Bertz CT molecular complexity index is 935. The molecule has 3 rings (SSSR count). The van der Waals surface area contributed by atoms with Crippen molar-refractivity contribution in [1.82, 2.24) is 0 Å². The fourth-order valence-corrected chi connectivity index (χ4v) is 3.35. The molecule has 0 saturated heterocycles. The first-order valence-corrected chi connectivity index (χ1v) is 8.58. The van der Waals surface area contributed by atoms with Crippen molar-refractivity contribution in [1.29, 1.82) is 0 Å². The van der Waals surface area contributed by atoms with Crippen LogP contribution < -0.4 is 5.32 Å². The van der Waals surface area contributed by atoms with Gasteiger partial charge in [0.15, 0.2) is 11.6 Å². The summed E-state index contributed by atoms with van der Waals surface area (Å²) in [5.74, 6) is -1.67. The monoisotopic (exact) mass is 370 g/mol. The molecule has 132 valence electrons. The summed E-state index contributed by atoms with van der Waals surface area (Å²) in [4.78, 5) is 12.2. The number of anilines is 1. The van der Waals surface area contributed by atoms with Gasteiger partial charge in [-0.15, -0.1) is 0 Å². The van der Waals surface area contributed by atoms with Crippen molar-refractivity contribution in [2.75, 3.05) is 5.32 Å². The molecule has 0 atom stereocenters. The van der Waals surface area contributed by atoms with E-state index in [1.54, 1.807) is 11.8 Å². The highest BCUT2D eigenvalue weighted by atomic mass is 32.2. The van der Waals surface area contributed by atoms with Gasteiger partial charge in [0.05, 0.1) is 16.7 Å². The predicted octanol–water partition coefficient (Wildman–Crippen LogP) is 5.20. The molecule has 5 nitrogen and oxygen atoms in total. The standard InChI is InChI=1S/C19H15FN2O3S/c20-16-10-14(22(24)25)11-17(19(16)23)21-12-13-6-4-5-9-18(13)26-15-7-2-1-3-8-15/h1-11,21,23H,12H2. The van der Waals surface area contributed by atoms with E-state index in [1.165, 1.54) is 0 Å². The molecule has 0 aliphatic heterocycles. The second-order valence-electron chi connectivity index (χ2n) is 5.46. The molecule has 0 fully saturated rings. The van der Waals surface area contributed by atoms with Crippen LogP contribution in [-0.4, -0.2) is 10.0 Å². The van der Waals surface area contributed by atoms with Crippen molar-refractivity contribution in [3.63, 3.8) is 0 Å². The van der Waals surface area contributed by atoms with Crippen LogP contribution in [0.4, 0.5) is 15.8 Å². The number of nitrogens with zero attached hydrogens (tertiary/aromatic N) is 1. The highest BCUT2D eigenvalue weighted by Gasteiger charge is 2.16. The minimum absolute atomic E-state index is 0.0174. The summed E-state index contributed by atoms with van der Waals surface area (Å²) < 4.78 is 13.7. The molecular formula is C19H15FN2O3S. The lowest BCUT2D eigenvalue weighted by molar-refractivity contribution is -0.385. The zero-order chi connectivity index (χ0) is 18.5. The maximum atomic E-state index is 13.7. The average molecular weight is 370 g/mol. The lowest BCUT2D eigenvalue weighted by Crippen LogP contribution is -2.02. The van der Waals surface area contributed by atoms with Gasteiger partial charge >= 0.3 is 0 Å². The van der Waals surface area contributed by atoms with Gasteiger partial charge in [0.2, 0.25) is 0 Å². The van der Waals surface area contributed by atoms with Crippen molar-refractivity contribution < 1.29 is 14.4 Å². The number of nitro benzene ring substituents is 1. The molecular weight excluding hydrogens is 355 g/mol. The average Bonchev–Trinajstić information content (AvgIpc) is 2.64. The van der Waals surface area contributed by atoms with Gasteiger partial charge in [0, 0.05) is 22.4 Å². The number of nitro groups is 1. The molecule has 26 heavy (non-hydrogen) atoms. The first-order chi connectivity index (χ1) is 12.5. The Balaban J connectivity index is 1.82. The van der Waals surface area contributed by atoms with Crippen molar-refractivity contribution in [2.24, 2.45) is 0 Å². The number of phenols is 1. The third-order valence-corrected chi connectivity index (χ3v) is 4.80. The Morgan fingerprint density at radius 3 is 2.50 bits per heavy atom. The van der Waals surface area contributed by atoms with Crippen LogP contribution in [-0.2, 0) is 6.54 Å². The molecule has 0 amide bonds. The zero-order valence-corrected chi connectivity index (χ0v) is 14.4. The highest BCUT2D eigenvalue weighted by molar-refractivity contribution is 7.99. The molecule has 0 heterocycles. The largest absolute Gasteiger partial charge is 0.503 e. The van der Waals surface area contributed by atoms with Crippen molar-refractivity contribution in [3.05, 3.63) is 88.2 Å². The maximum Gasteiger partial charge on any atom is 0.274 e. The van der Waals surface area contributed by atoms with Crippen LogP contribution >= 0.6 is 11.8 Å². The summed E-state index contributed by atoms with van der Waals surface area (Å²) in [6, 6.07) is 19.3. The molecule has 0 spiro atoms. The number of phenolic OH excluding ortho intramolecular Hbond substituents is 1. The van der Waals surface area contributed by atoms with Crippen LogP contribution in [0.2, 0.25) is 0 Å². The second-order valence-corrected chi connectivity index (χ2v) is 6.57. The van der Waals surface area contributed by atoms with Gasteiger partial charge in [0.1, 0.15) is 0 Å². The number of rotatable bonds is 6.